The highest BCUT2D eigenvalue weighted by Crippen LogP contribution is 2.24. The average Bonchev–Trinajstić information content (AvgIpc) is 2.08. The molecule has 0 aliphatic heterocycles. The summed E-state index contributed by atoms with van der Waals surface area (Å²) in [6.07, 6.45) is 0.647. The Kier molecular flexibility index (Phi) is 3.74. The number of aromatic nitrogens is 1. The van der Waals surface area contributed by atoms with Crippen LogP contribution in [-0.4, -0.2) is 21.8 Å². The fourth-order valence-electron chi connectivity index (χ4n) is 0.900. The Morgan fingerprint density at radius 3 is 2.69 bits per heavy atom. The molecule has 5 nitrogen and oxygen atoms in total. The van der Waals surface area contributed by atoms with E-state index in [1.165, 1.54) is 12.3 Å². The molecule has 1 amide bonds. The fourth-order valence-corrected chi connectivity index (χ4v) is 1.22. The monoisotopic (exact) mass is 288 g/mol. The molecule has 0 aliphatic carbocycles. The molecule has 0 atom stereocenters. The normalized spacial score (nSPS) is 11.0. The Hall–Kier alpha value is -1.30. The first-order chi connectivity index (χ1) is 7.28. The number of amides is 1. The van der Waals surface area contributed by atoms with Gasteiger partial charge in [-0.05, 0) is 42.8 Å². The standard InChI is InChI=1S/C10H13BrN2O3/c1-10(2,3)16-9(15)13-8-4-6(11)7(14)5-12-8/h4-5,14H,1-3H3,(H,12,13,15). The van der Waals surface area contributed by atoms with E-state index in [4.69, 9.17) is 4.74 Å². The van der Waals surface area contributed by atoms with Gasteiger partial charge in [0.05, 0.1) is 10.7 Å². The van der Waals surface area contributed by atoms with Gasteiger partial charge < -0.3 is 9.84 Å². The number of anilines is 1. The van der Waals surface area contributed by atoms with Gasteiger partial charge in [0, 0.05) is 0 Å². The van der Waals surface area contributed by atoms with Crippen LogP contribution in [-0.2, 0) is 4.74 Å². The highest BCUT2D eigenvalue weighted by Gasteiger charge is 2.16. The third kappa shape index (κ3) is 4.06. The van der Waals surface area contributed by atoms with Crippen molar-refractivity contribution in [2.75, 3.05) is 5.32 Å². The molecule has 0 unspecified atom stereocenters. The first-order valence-corrected chi connectivity index (χ1v) is 5.42. The first kappa shape index (κ1) is 12.8. The zero-order chi connectivity index (χ0) is 12.3. The van der Waals surface area contributed by atoms with Crippen LogP contribution in [0.5, 0.6) is 5.75 Å². The number of rotatable bonds is 1. The van der Waals surface area contributed by atoms with Crippen molar-refractivity contribution in [1.29, 1.82) is 0 Å². The minimum absolute atomic E-state index is 0.00902. The second-order valence-electron chi connectivity index (χ2n) is 4.15. The number of aromatic hydroxyl groups is 1. The van der Waals surface area contributed by atoms with Crippen molar-refractivity contribution in [1.82, 2.24) is 4.98 Å². The molecular formula is C10H13BrN2O3. The van der Waals surface area contributed by atoms with Crippen molar-refractivity contribution in [2.45, 2.75) is 26.4 Å². The van der Waals surface area contributed by atoms with E-state index in [0.29, 0.717) is 10.3 Å². The molecule has 0 spiro atoms. The van der Waals surface area contributed by atoms with E-state index >= 15 is 0 Å². The molecule has 2 N–H and O–H groups in total. The number of ether oxygens (including phenoxy) is 1. The maximum atomic E-state index is 11.4. The molecule has 1 aromatic heterocycles. The molecule has 0 saturated carbocycles. The van der Waals surface area contributed by atoms with Crippen LogP contribution in [0.25, 0.3) is 0 Å². The molecule has 88 valence electrons. The number of hydrogen-bond acceptors (Lipinski definition) is 4. The van der Waals surface area contributed by atoms with Gasteiger partial charge in [0.15, 0.2) is 0 Å². The Morgan fingerprint density at radius 2 is 2.19 bits per heavy atom. The van der Waals surface area contributed by atoms with Crippen LogP contribution in [0.1, 0.15) is 20.8 Å². The fraction of sp³-hybridized carbons (Fsp3) is 0.400. The number of nitrogens with one attached hydrogen (secondary N) is 1. The quantitative estimate of drug-likeness (QED) is 0.833. The van der Waals surface area contributed by atoms with Crippen LogP contribution in [0.2, 0.25) is 0 Å². The summed E-state index contributed by atoms with van der Waals surface area (Å²) >= 11 is 3.12. The SMILES string of the molecule is CC(C)(C)OC(=O)Nc1cc(Br)c(O)cn1. The second kappa shape index (κ2) is 4.69. The maximum absolute atomic E-state index is 11.4. The van der Waals surface area contributed by atoms with E-state index in [1.807, 2.05) is 0 Å². The van der Waals surface area contributed by atoms with Crippen molar-refractivity contribution in [3.8, 4) is 5.75 Å². The molecule has 6 heteroatoms. The number of pyridine rings is 1. The number of carbonyl (C=O) groups is 1. The number of halogens is 1. The van der Waals surface area contributed by atoms with Crippen LogP contribution in [0.4, 0.5) is 10.6 Å². The number of nitrogens with zero attached hydrogens (tertiary/aromatic N) is 1. The summed E-state index contributed by atoms with van der Waals surface area (Å²) < 4.78 is 5.50. The van der Waals surface area contributed by atoms with Crippen LogP contribution in [0.3, 0.4) is 0 Å². The molecule has 0 bridgehead atoms. The zero-order valence-electron chi connectivity index (χ0n) is 9.24. The van der Waals surface area contributed by atoms with Crippen LogP contribution in [0.15, 0.2) is 16.7 Å². The van der Waals surface area contributed by atoms with E-state index in [1.54, 1.807) is 20.8 Å². The number of hydrogen-bond donors (Lipinski definition) is 2. The lowest BCUT2D eigenvalue weighted by Crippen LogP contribution is -2.27. The van der Waals surface area contributed by atoms with Gasteiger partial charge in [-0.3, -0.25) is 5.32 Å². The van der Waals surface area contributed by atoms with Gasteiger partial charge in [-0.15, -0.1) is 0 Å². The molecule has 0 radical (unpaired) electrons. The van der Waals surface area contributed by atoms with Crippen molar-refractivity contribution in [3.05, 3.63) is 16.7 Å². The lowest BCUT2D eigenvalue weighted by Gasteiger charge is -2.19. The molecule has 0 fully saturated rings. The molecule has 0 aliphatic rings. The summed E-state index contributed by atoms with van der Waals surface area (Å²) in [4.78, 5) is 15.2. The van der Waals surface area contributed by atoms with Gasteiger partial charge in [-0.1, -0.05) is 0 Å². The van der Waals surface area contributed by atoms with Crippen molar-refractivity contribution in [2.24, 2.45) is 0 Å². The highest BCUT2D eigenvalue weighted by atomic mass is 79.9. The Bertz CT molecular complexity index is 402. The molecule has 1 heterocycles. The first-order valence-electron chi connectivity index (χ1n) is 4.62. The molecule has 0 aromatic carbocycles. The number of carbonyl (C=O) groups excluding carboxylic acids is 1. The summed E-state index contributed by atoms with van der Waals surface area (Å²) in [7, 11) is 0. The average molecular weight is 289 g/mol. The van der Waals surface area contributed by atoms with E-state index < -0.39 is 11.7 Å². The Morgan fingerprint density at radius 1 is 1.56 bits per heavy atom. The minimum Gasteiger partial charge on any atom is -0.505 e. The van der Waals surface area contributed by atoms with Crippen LogP contribution >= 0.6 is 15.9 Å². The molecule has 0 saturated heterocycles. The van der Waals surface area contributed by atoms with Gasteiger partial charge >= 0.3 is 6.09 Å². The Labute approximate surface area is 102 Å². The summed E-state index contributed by atoms with van der Waals surface area (Å²) in [5, 5.41) is 11.7. The summed E-state index contributed by atoms with van der Waals surface area (Å²) in [6.45, 7) is 5.31. The highest BCUT2D eigenvalue weighted by molar-refractivity contribution is 9.10. The third-order valence-corrected chi connectivity index (χ3v) is 2.10. The molecule has 1 aromatic rings. The third-order valence-electron chi connectivity index (χ3n) is 1.46. The van der Waals surface area contributed by atoms with E-state index in [0.717, 1.165) is 0 Å². The van der Waals surface area contributed by atoms with Gasteiger partial charge in [-0.2, -0.15) is 0 Å². The zero-order valence-corrected chi connectivity index (χ0v) is 10.8. The molecule has 16 heavy (non-hydrogen) atoms. The predicted octanol–water partition coefficient (Wildman–Crippen LogP) is 2.90. The van der Waals surface area contributed by atoms with Crippen molar-refractivity contribution in [3.63, 3.8) is 0 Å². The largest absolute Gasteiger partial charge is 0.505 e. The Balaban J connectivity index is 2.67. The summed E-state index contributed by atoms with van der Waals surface area (Å²) in [5.74, 6) is 0.314. The minimum atomic E-state index is -0.586. The van der Waals surface area contributed by atoms with Gasteiger partial charge in [0.1, 0.15) is 17.2 Å². The summed E-state index contributed by atoms with van der Waals surface area (Å²) in [6, 6.07) is 1.49. The van der Waals surface area contributed by atoms with Crippen LogP contribution < -0.4 is 5.32 Å². The molecule has 1 rings (SSSR count). The maximum Gasteiger partial charge on any atom is 0.413 e. The predicted molar refractivity (Wildman–Crippen MR) is 63.5 cm³/mol. The topological polar surface area (TPSA) is 71.5 Å². The van der Waals surface area contributed by atoms with Gasteiger partial charge in [-0.25, -0.2) is 9.78 Å². The van der Waals surface area contributed by atoms with E-state index in [9.17, 15) is 9.90 Å². The van der Waals surface area contributed by atoms with Crippen molar-refractivity contribution < 1.29 is 14.6 Å². The summed E-state index contributed by atoms with van der Waals surface area (Å²) in [5.41, 5.74) is -0.557. The van der Waals surface area contributed by atoms with Crippen LogP contribution in [0, 0.1) is 0 Å². The van der Waals surface area contributed by atoms with Gasteiger partial charge in [0.2, 0.25) is 0 Å². The lowest BCUT2D eigenvalue weighted by molar-refractivity contribution is 0.0635. The van der Waals surface area contributed by atoms with Gasteiger partial charge in [0.25, 0.3) is 0 Å². The molecular weight excluding hydrogens is 276 g/mol. The van der Waals surface area contributed by atoms with Crippen molar-refractivity contribution >= 4 is 27.8 Å². The smallest absolute Gasteiger partial charge is 0.413 e. The lowest BCUT2D eigenvalue weighted by atomic mass is 10.2. The van der Waals surface area contributed by atoms with E-state index in [-0.39, 0.29) is 5.75 Å². The second-order valence-corrected chi connectivity index (χ2v) is 5.00. The van der Waals surface area contributed by atoms with E-state index in [2.05, 4.69) is 26.2 Å².